The maximum absolute atomic E-state index is 12.4. The molecule has 0 unspecified atom stereocenters. The van der Waals surface area contributed by atoms with Crippen molar-refractivity contribution in [2.24, 2.45) is 5.92 Å². The second-order valence-corrected chi connectivity index (χ2v) is 5.98. The Bertz CT molecular complexity index is 342. The van der Waals surface area contributed by atoms with Crippen molar-refractivity contribution in [1.29, 1.82) is 0 Å². The molecule has 0 radical (unpaired) electrons. The van der Waals surface area contributed by atoms with Crippen molar-refractivity contribution in [2.75, 3.05) is 32.8 Å². The Morgan fingerprint density at radius 3 is 2.53 bits per heavy atom. The van der Waals surface area contributed by atoms with Crippen LogP contribution in [0.15, 0.2) is 0 Å². The molecule has 0 aromatic rings. The first-order chi connectivity index (χ1) is 8.71. The van der Waals surface area contributed by atoms with Crippen molar-refractivity contribution in [2.45, 2.75) is 33.3 Å². The smallest absolute Gasteiger partial charge is 0.323 e. The average Bonchev–Trinajstić information content (AvgIpc) is 2.24. The molecule has 1 aliphatic heterocycles. The predicted molar refractivity (Wildman–Crippen MR) is 71.0 cm³/mol. The highest BCUT2D eigenvalue weighted by atomic mass is 16.5. The molecule has 1 rings (SSSR count). The molecule has 0 atom stereocenters. The summed E-state index contributed by atoms with van der Waals surface area (Å²) in [6.45, 7) is 9.46. The van der Waals surface area contributed by atoms with E-state index in [1.165, 1.54) is 4.90 Å². The summed E-state index contributed by atoms with van der Waals surface area (Å²) in [6, 6.07) is -0.215. The van der Waals surface area contributed by atoms with Crippen molar-refractivity contribution in [3.63, 3.8) is 0 Å². The fourth-order valence-corrected chi connectivity index (χ4v) is 2.19. The number of carboxylic acids is 1. The van der Waals surface area contributed by atoms with Gasteiger partial charge in [-0.15, -0.1) is 0 Å². The normalized spacial score (nSPS) is 18.5. The van der Waals surface area contributed by atoms with Crippen LogP contribution in [0, 0.1) is 5.92 Å². The van der Waals surface area contributed by atoms with Crippen LogP contribution in [0.5, 0.6) is 0 Å². The Labute approximate surface area is 114 Å². The number of aliphatic carboxylic acids is 1. The fraction of sp³-hybridized carbons (Fsp3) is 0.846. The maximum atomic E-state index is 12.4. The SMILES string of the molecule is CC(C)CN(CC(=O)O)C(=O)N1CCOC(C)(C)C1. The van der Waals surface area contributed by atoms with Crippen LogP contribution in [0.4, 0.5) is 4.79 Å². The first kappa shape index (κ1) is 15.8. The number of rotatable bonds is 4. The standard InChI is InChI=1S/C13H24N2O4/c1-10(2)7-15(8-11(16)17)12(18)14-5-6-19-13(3,4)9-14/h10H,5-9H2,1-4H3,(H,16,17). The summed E-state index contributed by atoms with van der Waals surface area (Å²) in [5.41, 5.74) is -0.374. The van der Waals surface area contributed by atoms with Gasteiger partial charge >= 0.3 is 12.0 Å². The van der Waals surface area contributed by atoms with Crippen LogP contribution < -0.4 is 0 Å². The summed E-state index contributed by atoms with van der Waals surface area (Å²) in [4.78, 5) is 26.3. The zero-order valence-corrected chi connectivity index (χ0v) is 12.2. The van der Waals surface area contributed by atoms with Crippen molar-refractivity contribution in [3.8, 4) is 0 Å². The van der Waals surface area contributed by atoms with E-state index >= 15 is 0 Å². The maximum Gasteiger partial charge on any atom is 0.323 e. The molecule has 110 valence electrons. The fourth-order valence-electron chi connectivity index (χ4n) is 2.19. The molecule has 1 N–H and O–H groups in total. The average molecular weight is 272 g/mol. The Balaban J connectivity index is 2.72. The largest absolute Gasteiger partial charge is 0.480 e. The molecule has 19 heavy (non-hydrogen) atoms. The van der Waals surface area contributed by atoms with Gasteiger partial charge in [0.25, 0.3) is 0 Å². The molecule has 0 saturated carbocycles. The molecular weight excluding hydrogens is 248 g/mol. The van der Waals surface area contributed by atoms with E-state index in [0.717, 1.165) is 0 Å². The number of nitrogens with zero attached hydrogens (tertiary/aromatic N) is 2. The number of hydrogen-bond donors (Lipinski definition) is 1. The van der Waals surface area contributed by atoms with E-state index in [9.17, 15) is 9.59 Å². The molecule has 0 bridgehead atoms. The zero-order chi connectivity index (χ0) is 14.6. The highest BCUT2D eigenvalue weighted by Crippen LogP contribution is 2.18. The van der Waals surface area contributed by atoms with Gasteiger partial charge in [0.15, 0.2) is 0 Å². The summed E-state index contributed by atoms with van der Waals surface area (Å²) in [7, 11) is 0. The minimum Gasteiger partial charge on any atom is -0.480 e. The van der Waals surface area contributed by atoms with Gasteiger partial charge in [-0.3, -0.25) is 4.79 Å². The summed E-state index contributed by atoms with van der Waals surface area (Å²) in [6.07, 6.45) is 0. The quantitative estimate of drug-likeness (QED) is 0.836. The number of urea groups is 1. The van der Waals surface area contributed by atoms with Gasteiger partial charge in [-0.05, 0) is 19.8 Å². The first-order valence-electron chi connectivity index (χ1n) is 6.61. The molecule has 6 heteroatoms. The third kappa shape index (κ3) is 5.06. The highest BCUT2D eigenvalue weighted by molar-refractivity contribution is 5.80. The summed E-state index contributed by atoms with van der Waals surface area (Å²) in [5.74, 6) is -0.751. The van der Waals surface area contributed by atoms with Crippen LogP contribution in [0.2, 0.25) is 0 Å². The molecule has 0 aromatic carbocycles. The number of hydrogen-bond acceptors (Lipinski definition) is 3. The molecule has 1 fully saturated rings. The van der Waals surface area contributed by atoms with Gasteiger partial charge in [0.1, 0.15) is 6.54 Å². The number of amides is 2. The number of carboxylic acid groups (broad SMARTS) is 1. The second kappa shape index (κ2) is 6.23. The molecule has 2 amide bonds. The van der Waals surface area contributed by atoms with Crippen molar-refractivity contribution in [1.82, 2.24) is 9.80 Å². The Morgan fingerprint density at radius 2 is 2.05 bits per heavy atom. The van der Waals surface area contributed by atoms with Gasteiger partial charge in [0, 0.05) is 13.1 Å². The lowest BCUT2D eigenvalue weighted by molar-refractivity contribution is -0.138. The second-order valence-electron chi connectivity index (χ2n) is 5.98. The van der Waals surface area contributed by atoms with E-state index < -0.39 is 5.97 Å². The van der Waals surface area contributed by atoms with Crippen molar-refractivity contribution >= 4 is 12.0 Å². The summed E-state index contributed by atoms with van der Waals surface area (Å²) >= 11 is 0. The van der Waals surface area contributed by atoms with E-state index in [0.29, 0.717) is 26.2 Å². The van der Waals surface area contributed by atoms with Gasteiger partial charge in [-0.25, -0.2) is 4.79 Å². The van der Waals surface area contributed by atoms with E-state index in [1.54, 1.807) is 4.90 Å². The number of carbonyl (C=O) groups is 2. The molecule has 1 heterocycles. The lowest BCUT2D eigenvalue weighted by Gasteiger charge is -2.40. The number of morpholine rings is 1. The van der Waals surface area contributed by atoms with E-state index in [-0.39, 0.29) is 24.1 Å². The van der Waals surface area contributed by atoms with Crippen LogP contribution >= 0.6 is 0 Å². The summed E-state index contributed by atoms with van der Waals surface area (Å²) in [5, 5.41) is 8.91. The Kier molecular flexibility index (Phi) is 5.17. The Morgan fingerprint density at radius 1 is 1.42 bits per heavy atom. The molecular formula is C13H24N2O4. The lowest BCUT2D eigenvalue weighted by atomic mass is 10.1. The minimum absolute atomic E-state index is 0.215. The summed E-state index contributed by atoms with van der Waals surface area (Å²) < 4.78 is 5.56. The van der Waals surface area contributed by atoms with Crippen LogP contribution in [0.25, 0.3) is 0 Å². The molecule has 0 aliphatic carbocycles. The highest BCUT2D eigenvalue weighted by Gasteiger charge is 2.32. The van der Waals surface area contributed by atoms with Crippen LogP contribution in [0.1, 0.15) is 27.7 Å². The molecule has 0 aromatic heterocycles. The predicted octanol–water partition coefficient (Wildman–Crippen LogP) is 1.26. The van der Waals surface area contributed by atoms with E-state index in [4.69, 9.17) is 9.84 Å². The topological polar surface area (TPSA) is 70.1 Å². The lowest BCUT2D eigenvalue weighted by Crippen LogP contribution is -2.55. The van der Waals surface area contributed by atoms with Gasteiger partial charge in [-0.2, -0.15) is 0 Å². The van der Waals surface area contributed by atoms with E-state index in [2.05, 4.69) is 0 Å². The van der Waals surface area contributed by atoms with Crippen molar-refractivity contribution < 1.29 is 19.4 Å². The van der Waals surface area contributed by atoms with Crippen LogP contribution in [0.3, 0.4) is 0 Å². The Hall–Kier alpha value is -1.30. The third-order valence-corrected chi connectivity index (χ3v) is 2.88. The monoisotopic (exact) mass is 272 g/mol. The number of carbonyl (C=O) groups excluding carboxylic acids is 1. The number of ether oxygens (including phenoxy) is 1. The van der Waals surface area contributed by atoms with Crippen molar-refractivity contribution in [3.05, 3.63) is 0 Å². The third-order valence-electron chi connectivity index (χ3n) is 2.88. The first-order valence-corrected chi connectivity index (χ1v) is 6.61. The van der Waals surface area contributed by atoms with Crippen LogP contribution in [-0.4, -0.2) is 65.3 Å². The molecule has 6 nitrogen and oxygen atoms in total. The van der Waals surface area contributed by atoms with Gasteiger partial charge in [0.2, 0.25) is 0 Å². The molecule has 1 aliphatic rings. The zero-order valence-electron chi connectivity index (χ0n) is 12.2. The van der Waals surface area contributed by atoms with Gasteiger partial charge in [-0.1, -0.05) is 13.8 Å². The van der Waals surface area contributed by atoms with Gasteiger partial charge in [0.05, 0.1) is 18.8 Å². The minimum atomic E-state index is -0.985. The van der Waals surface area contributed by atoms with Gasteiger partial charge < -0.3 is 19.6 Å². The van der Waals surface area contributed by atoms with E-state index in [1.807, 2.05) is 27.7 Å². The molecule has 0 spiro atoms. The van der Waals surface area contributed by atoms with Crippen LogP contribution in [-0.2, 0) is 9.53 Å². The molecule has 1 saturated heterocycles.